The number of benzene rings is 6. The molecule has 9 rings (SSSR count). The van der Waals surface area contributed by atoms with Crippen molar-refractivity contribution in [2.24, 2.45) is 7.05 Å². The van der Waals surface area contributed by atoms with E-state index in [1.54, 1.807) is 0 Å². The number of hydrogen-bond donors (Lipinski definition) is 0. The summed E-state index contributed by atoms with van der Waals surface area (Å²) in [6.45, 7) is 2.21. The van der Waals surface area contributed by atoms with E-state index in [0.717, 1.165) is 27.5 Å². The Bertz CT molecular complexity index is 2480. The summed E-state index contributed by atoms with van der Waals surface area (Å²) in [6, 6.07) is 37.4. The first kappa shape index (κ1) is 20.2. The monoisotopic (exact) mass is 487 g/mol. The SMILES string of the molecule is Cc1cccc2c3ccc4c5cc6c(ccc7ccccc76)cc5oc4c3n3c4ccccc4[n+](C)c3c12. The summed E-state index contributed by atoms with van der Waals surface area (Å²) in [5.41, 5.74) is 7.84. The average molecular weight is 488 g/mol. The van der Waals surface area contributed by atoms with E-state index in [9.17, 15) is 0 Å². The molecule has 0 N–H and O–H groups in total. The molecule has 6 aromatic carbocycles. The van der Waals surface area contributed by atoms with Crippen molar-refractivity contribution in [1.29, 1.82) is 0 Å². The molecule has 0 bridgehead atoms. The van der Waals surface area contributed by atoms with Gasteiger partial charge >= 0.3 is 0 Å². The first-order chi connectivity index (χ1) is 18.7. The predicted octanol–water partition coefficient (Wildman–Crippen LogP) is 8.74. The molecule has 0 saturated carbocycles. The van der Waals surface area contributed by atoms with Crippen LogP contribution in [0, 0.1) is 6.92 Å². The standard InChI is InChI=1S/C35H23N2O/c1-20-8-7-11-24-25-16-17-26-28-19-27-22(15-14-21-9-3-4-10-23(21)27)18-31(28)38-34(26)33(25)37-30-13-6-5-12-29(30)36(2)35(37)32(20)24/h3-19H,1-2H3/q+1. The number of fused-ring (bicyclic) bond motifs is 15. The van der Waals surface area contributed by atoms with Gasteiger partial charge in [0.2, 0.25) is 0 Å². The van der Waals surface area contributed by atoms with Crippen molar-refractivity contribution in [3.63, 3.8) is 0 Å². The van der Waals surface area contributed by atoms with E-state index in [0.29, 0.717) is 0 Å². The summed E-state index contributed by atoms with van der Waals surface area (Å²) in [4.78, 5) is 0. The Labute approximate surface area is 217 Å². The van der Waals surface area contributed by atoms with E-state index >= 15 is 0 Å². The van der Waals surface area contributed by atoms with Crippen molar-refractivity contribution in [3.05, 3.63) is 109 Å². The second-order valence-corrected chi connectivity index (χ2v) is 10.5. The third-order valence-corrected chi connectivity index (χ3v) is 8.50. The van der Waals surface area contributed by atoms with Crippen LogP contribution in [0.3, 0.4) is 0 Å². The van der Waals surface area contributed by atoms with Crippen LogP contribution in [0.2, 0.25) is 0 Å². The zero-order valence-corrected chi connectivity index (χ0v) is 21.1. The van der Waals surface area contributed by atoms with Crippen LogP contribution in [0.15, 0.2) is 108 Å². The lowest BCUT2D eigenvalue weighted by Gasteiger charge is -2.07. The van der Waals surface area contributed by atoms with Crippen molar-refractivity contribution in [3.8, 4) is 0 Å². The first-order valence-corrected chi connectivity index (χ1v) is 13.1. The van der Waals surface area contributed by atoms with Crippen LogP contribution in [0.25, 0.3) is 81.8 Å². The van der Waals surface area contributed by atoms with Crippen LogP contribution in [-0.4, -0.2) is 4.40 Å². The van der Waals surface area contributed by atoms with Crippen molar-refractivity contribution in [2.75, 3.05) is 0 Å². The van der Waals surface area contributed by atoms with Gasteiger partial charge in [-0.15, -0.1) is 0 Å². The van der Waals surface area contributed by atoms with E-state index in [1.165, 1.54) is 59.9 Å². The number of rotatable bonds is 0. The van der Waals surface area contributed by atoms with Gasteiger partial charge in [0.15, 0.2) is 22.1 Å². The second kappa shape index (κ2) is 6.90. The van der Waals surface area contributed by atoms with Gasteiger partial charge in [0.1, 0.15) is 5.58 Å². The largest absolute Gasteiger partial charge is 0.452 e. The van der Waals surface area contributed by atoms with E-state index in [-0.39, 0.29) is 0 Å². The molecule has 0 spiro atoms. The summed E-state index contributed by atoms with van der Waals surface area (Å²) in [7, 11) is 2.17. The van der Waals surface area contributed by atoms with Crippen molar-refractivity contribution >= 4 is 81.8 Å². The van der Waals surface area contributed by atoms with Crippen LogP contribution < -0.4 is 4.57 Å². The fraction of sp³-hybridized carbons (Fsp3) is 0.0571. The number of pyridine rings is 1. The molecule has 0 amide bonds. The highest BCUT2D eigenvalue weighted by atomic mass is 16.3. The smallest absolute Gasteiger partial charge is 0.295 e. The van der Waals surface area contributed by atoms with Gasteiger partial charge in [-0.25, -0.2) is 4.57 Å². The lowest BCUT2D eigenvalue weighted by atomic mass is 9.98. The summed E-state index contributed by atoms with van der Waals surface area (Å²) in [5.74, 6) is 0. The van der Waals surface area contributed by atoms with Gasteiger partial charge < -0.3 is 4.42 Å². The van der Waals surface area contributed by atoms with E-state index < -0.39 is 0 Å². The average Bonchev–Trinajstić information content (AvgIpc) is 3.47. The maximum Gasteiger partial charge on any atom is 0.295 e. The maximum absolute atomic E-state index is 6.80. The predicted molar refractivity (Wildman–Crippen MR) is 158 cm³/mol. The molecule has 9 aromatic rings. The molecular formula is C35H23N2O+. The van der Waals surface area contributed by atoms with Crippen LogP contribution in [-0.2, 0) is 7.05 Å². The Morgan fingerprint density at radius 2 is 1.42 bits per heavy atom. The number of nitrogens with zero attached hydrogens (tertiary/aromatic N) is 2. The molecule has 0 atom stereocenters. The molecule has 38 heavy (non-hydrogen) atoms. The molecule has 0 saturated heterocycles. The minimum atomic E-state index is 0.925. The Balaban J connectivity index is 1.57. The van der Waals surface area contributed by atoms with E-state index in [4.69, 9.17) is 4.42 Å². The number of aromatic nitrogens is 2. The summed E-state index contributed by atoms with van der Waals surface area (Å²) in [6.07, 6.45) is 0. The van der Waals surface area contributed by atoms with E-state index in [2.05, 4.69) is 126 Å². The molecule has 3 nitrogen and oxygen atoms in total. The van der Waals surface area contributed by atoms with Crippen LogP contribution in [0.5, 0.6) is 0 Å². The highest BCUT2D eigenvalue weighted by molar-refractivity contribution is 6.24. The molecular weight excluding hydrogens is 464 g/mol. The lowest BCUT2D eigenvalue weighted by Crippen LogP contribution is -2.27. The van der Waals surface area contributed by atoms with Gasteiger partial charge in [-0.05, 0) is 70.4 Å². The third kappa shape index (κ3) is 2.37. The van der Waals surface area contributed by atoms with Gasteiger partial charge in [0, 0.05) is 21.5 Å². The minimum absolute atomic E-state index is 0.925. The lowest BCUT2D eigenvalue weighted by molar-refractivity contribution is -0.617. The van der Waals surface area contributed by atoms with Gasteiger partial charge in [-0.2, -0.15) is 4.40 Å². The maximum atomic E-state index is 6.80. The van der Waals surface area contributed by atoms with Crippen molar-refractivity contribution in [1.82, 2.24) is 4.40 Å². The molecule has 0 aliphatic rings. The number of imidazole rings is 1. The molecule has 3 aromatic heterocycles. The molecule has 0 aliphatic heterocycles. The Kier molecular flexibility index (Phi) is 3.67. The number of furan rings is 1. The number of para-hydroxylation sites is 2. The fourth-order valence-corrected chi connectivity index (χ4v) is 6.77. The Hall–Kier alpha value is -4.89. The highest BCUT2D eigenvalue weighted by Gasteiger charge is 2.27. The zero-order valence-electron chi connectivity index (χ0n) is 21.1. The van der Waals surface area contributed by atoms with E-state index in [1.807, 2.05) is 0 Å². The zero-order chi connectivity index (χ0) is 25.1. The molecule has 0 aliphatic carbocycles. The fourth-order valence-electron chi connectivity index (χ4n) is 6.77. The van der Waals surface area contributed by atoms with Gasteiger partial charge in [0.05, 0.1) is 12.4 Å². The number of aryl methyl sites for hydroxylation is 2. The molecule has 3 heteroatoms. The summed E-state index contributed by atoms with van der Waals surface area (Å²) in [5, 5.41) is 11.0. The summed E-state index contributed by atoms with van der Waals surface area (Å²) >= 11 is 0. The molecule has 3 heterocycles. The van der Waals surface area contributed by atoms with Crippen LogP contribution in [0.4, 0.5) is 0 Å². The van der Waals surface area contributed by atoms with Crippen molar-refractivity contribution in [2.45, 2.75) is 6.92 Å². The van der Waals surface area contributed by atoms with Gasteiger partial charge in [-0.1, -0.05) is 66.7 Å². The first-order valence-electron chi connectivity index (χ1n) is 13.1. The quantitative estimate of drug-likeness (QED) is 0.155. The minimum Gasteiger partial charge on any atom is -0.452 e. The highest BCUT2D eigenvalue weighted by Crippen LogP contribution is 2.41. The summed E-state index contributed by atoms with van der Waals surface area (Å²) < 4.78 is 11.5. The normalized spacial score (nSPS) is 12.5. The molecule has 178 valence electrons. The Morgan fingerprint density at radius 1 is 0.632 bits per heavy atom. The number of hydrogen-bond acceptors (Lipinski definition) is 1. The molecule has 0 radical (unpaired) electrons. The second-order valence-electron chi connectivity index (χ2n) is 10.5. The molecule has 0 unspecified atom stereocenters. The van der Waals surface area contributed by atoms with Gasteiger partial charge in [0.25, 0.3) is 5.65 Å². The Morgan fingerprint density at radius 3 is 2.37 bits per heavy atom. The third-order valence-electron chi connectivity index (χ3n) is 8.50. The van der Waals surface area contributed by atoms with Crippen LogP contribution >= 0.6 is 0 Å². The topological polar surface area (TPSA) is 21.4 Å². The van der Waals surface area contributed by atoms with Crippen molar-refractivity contribution < 1.29 is 8.98 Å². The van der Waals surface area contributed by atoms with Gasteiger partial charge in [-0.3, -0.25) is 0 Å². The van der Waals surface area contributed by atoms with Crippen LogP contribution in [0.1, 0.15) is 5.56 Å². The molecule has 0 fully saturated rings.